The van der Waals surface area contributed by atoms with Gasteiger partial charge < -0.3 is 9.64 Å². The Morgan fingerprint density at radius 3 is 2.45 bits per heavy atom. The maximum Gasteiger partial charge on any atom is 0.253 e. The SMILES string of the molecule is CCCCCCOc1ccc(C(=O)N2CCN(Cc3ccccc3)CC2)cc1Br. The summed E-state index contributed by atoms with van der Waals surface area (Å²) < 4.78 is 6.70. The van der Waals surface area contributed by atoms with Gasteiger partial charge >= 0.3 is 0 Å². The number of nitrogens with zero attached hydrogens (tertiary/aromatic N) is 2. The molecule has 2 aromatic rings. The van der Waals surface area contributed by atoms with Gasteiger partial charge in [0.25, 0.3) is 5.91 Å². The number of halogens is 1. The normalized spacial score (nSPS) is 14.8. The highest BCUT2D eigenvalue weighted by molar-refractivity contribution is 9.10. The predicted octanol–water partition coefficient (Wildman–Crippen LogP) is 5.37. The van der Waals surface area contributed by atoms with E-state index in [4.69, 9.17) is 4.74 Å². The van der Waals surface area contributed by atoms with Crippen LogP contribution in [0.1, 0.15) is 48.5 Å². The van der Waals surface area contributed by atoms with E-state index in [1.165, 1.54) is 24.8 Å². The summed E-state index contributed by atoms with van der Waals surface area (Å²) in [5.41, 5.74) is 2.04. The van der Waals surface area contributed by atoms with E-state index in [1.54, 1.807) is 0 Å². The second-order valence-electron chi connectivity index (χ2n) is 7.61. The second-order valence-corrected chi connectivity index (χ2v) is 8.46. The van der Waals surface area contributed by atoms with Crippen LogP contribution in [0.25, 0.3) is 0 Å². The van der Waals surface area contributed by atoms with Crippen LogP contribution in [-0.4, -0.2) is 48.5 Å². The Labute approximate surface area is 183 Å². The third-order valence-corrected chi connectivity index (χ3v) is 5.96. The molecule has 1 aliphatic rings. The zero-order valence-electron chi connectivity index (χ0n) is 17.3. The first-order chi connectivity index (χ1) is 14.2. The maximum atomic E-state index is 12.9. The predicted molar refractivity (Wildman–Crippen MR) is 121 cm³/mol. The van der Waals surface area contributed by atoms with Crippen molar-refractivity contribution in [3.8, 4) is 5.75 Å². The lowest BCUT2D eigenvalue weighted by Gasteiger charge is -2.34. The number of unbranched alkanes of at least 4 members (excludes halogenated alkanes) is 3. The third kappa shape index (κ3) is 6.58. The Morgan fingerprint density at radius 1 is 1.00 bits per heavy atom. The van der Waals surface area contributed by atoms with Crippen LogP contribution in [0.5, 0.6) is 5.75 Å². The molecule has 0 aromatic heterocycles. The minimum absolute atomic E-state index is 0.0968. The van der Waals surface area contributed by atoms with Gasteiger partial charge in [0.05, 0.1) is 11.1 Å². The Morgan fingerprint density at radius 2 is 1.76 bits per heavy atom. The van der Waals surface area contributed by atoms with Crippen molar-refractivity contribution in [1.82, 2.24) is 9.80 Å². The number of carbonyl (C=O) groups excluding carboxylic acids is 1. The number of piperazine rings is 1. The van der Waals surface area contributed by atoms with Crippen molar-refractivity contribution in [2.24, 2.45) is 0 Å². The molecular formula is C24H31BrN2O2. The highest BCUT2D eigenvalue weighted by Crippen LogP contribution is 2.27. The monoisotopic (exact) mass is 458 g/mol. The van der Waals surface area contributed by atoms with Crippen LogP contribution in [0.3, 0.4) is 0 Å². The van der Waals surface area contributed by atoms with Crippen molar-refractivity contribution in [1.29, 1.82) is 0 Å². The van der Waals surface area contributed by atoms with Crippen molar-refractivity contribution in [2.75, 3.05) is 32.8 Å². The van der Waals surface area contributed by atoms with Gasteiger partial charge in [0, 0.05) is 38.3 Å². The molecule has 0 atom stereocenters. The van der Waals surface area contributed by atoms with E-state index in [0.717, 1.165) is 56.0 Å². The highest BCUT2D eigenvalue weighted by atomic mass is 79.9. The number of rotatable bonds is 9. The molecule has 1 amide bonds. The van der Waals surface area contributed by atoms with Gasteiger partial charge in [-0.15, -0.1) is 0 Å². The highest BCUT2D eigenvalue weighted by Gasteiger charge is 2.22. The van der Waals surface area contributed by atoms with Crippen LogP contribution in [-0.2, 0) is 6.54 Å². The zero-order chi connectivity index (χ0) is 20.5. The lowest BCUT2D eigenvalue weighted by atomic mass is 10.1. The summed E-state index contributed by atoms with van der Waals surface area (Å²) in [6.07, 6.45) is 4.73. The lowest BCUT2D eigenvalue weighted by Crippen LogP contribution is -2.48. The molecule has 1 saturated heterocycles. The fourth-order valence-corrected chi connectivity index (χ4v) is 4.09. The first kappa shape index (κ1) is 21.8. The molecule has 1 fully saturated rings. The van der Waals surface area contributed by atoms with E-state index in [0.29, 0.717) is 5.56 Å². The fourth-order valence-electron chi connectivity index (χ4n) is 3.60. The Bertz CT molecular complexity index is 774. The lowest BCUT2D eigenvalue weighted by molar-refractivity contribution is 0.0628. The number of carbonyl (C=O) groups is 1. The molecule has 1 aliphatic heterocycles. The van der Waals surface area contributed by atoms with Gasteiger partial charge in [-0.25, -0.2) is 0 Å². The average molecular weight is 459 g/mol. The molecule has 3 rings (SSSR count). The summed E-state index contributed by atoms with van der Waals surface area (Å²) in [4.78, 5) is 17.3. The molecule has 0 bridgehead atoms. The molecule has 0 saturated carbocycles. The van der Waals surface area contributed by atoms with Gasteiger partial charge in [0.1, 0.15) is 5.75 Å². The van der Waals surface area contributed by atoms with Crippen LogP contribution in [0.4, 0.5) is 0 Å². The number of benzene rings is 2. The van der Waals surface area contributed by atoms with Gasteiger partial charge in [-0.2, -0.15) is 0 Å². The van der Waals surface area contributed by atoms with Crippen molar-refractivity contribution >= 4 is 21.8 Å². The van der Waals surface area contributed by atoms with Crippen LogP contribution in [0.2, 0.25) is 0 Å². The molecular weight excluding hydrogens is 428 g/mol. The standard InChI is InChI=1S/C24H31BrN2O2/c1-2-3-4-8-17-29-23-12-11-21(18-22(23)25)24(28)27-15-13-26(14-16-27)19-20-9-6-5-7-10-20/h5-7,9-12,18H,2-4,8,13-17,19H2,1H3. The molecule has 2 aromatic carbocycles. The summed E-state index contributed by atoms with van der Waals surface area (Å²) in [7, 11) is 0. The van der Waals surface area contributed by atoms with Gasteiger partial charge in [-0.3, -0.25) is 9.69 Å². The van der Waals surface area contributed by atoms with Gasteiger partial charge in [0.2, 0.25) is 0 Å². The van der Waals surface area contributed by atoms with E-state index in [2.05, 4.69) is 52.0 Å². The minimum atomic E-state index is 0.0968. The van der Waals surface area contributed by atoms with Crippen molar-refractivity contribution in [3.05, 3.63) is 64.1 Å². The third-order valence-electron chi connectivity index (χ3n) is 5.34. The van der Waals surface area contributed by atoms with Gasteiger partial charge in [0.15, 0.2) is 0 Å². The number of hydrogen-bond donors (Lipinski definition) is 0. The smallest absolute Gasteiger partial charge is 0.253 e. The number of ether oxygens (including phenoxy) is 1. The number of amides is 1. The fraction of sp³-hybridized carbons (Fsp3) is 0.458. The molecule has 0 N–H and O–H groups in total. The van der Waals surface area contributed by atoms with Crippen molar-refractivity contribution in [3.63, 3.8) is 0 Å². The topological polar surface area (TPSA) is 32.8 Å². The number of hydrogen-bond acceptors (Lipinski definition) is 3. The summed E-state index contributed by atoms with van der Waals surface area (Å²) in [5.74, 6) is 0.908. The van der Waals surface area contributed by atoms with E-state index in [1.807, 2.05) is 29.2 Å². The summed E-state index contributed by atoms with van der Waals surface area (Å²) in [6, 6.07) is 16.2. The Kier molecular flexibility index (Phi) is 8.56. The molecule has 156 valence electrons. The van der Waals surface area contributed by atoms with Crippen LogP contribution < -0.4 is 4.74 Å². The quantitative estimate of drug-likeness (QED) is 0.473. The molecule has 0 spiro atoms. The molecule has 0 unspecified atom stereocenters. The zero-order valence-corrected chi connectivity index (χ0v) is 18.9. The largest absolute Gasteiger partial charge is 0.492 e. The summed E-state index contributed by atoms with van der Waals surface area (Å²) in [5, 5.41) is 0. The van der Waals surface area contributed by atoms with Crippen LogP contribution >= 0.6 is 15.9 Å². The summed E-state index contributed by atoms with van der Waals surface area (Å²) >= 11 is 3.56. The Hall–Kier alpha value is -1.85. The molecule has 1 heterocycles. The first-order valence-corrected chi connectivity index (χ1v) is 11.4. The molecule has 0 radical (unpaired) electrons. The van der Waals surface area contributed by atoms with E-state index < -0.39 is 0 Å². The Balaban J connectivity index is 1.48. The average Bonchev–Trinajstić information content (AvgIpc) is 2.75. The molecule has 29 heavy (non-hydrogen) atoms. The van der Waals surface area contributed by atoms with Crippen LogP contribution in [0.15, 0.2) is 53.0 Å². The maximum absolute atomic E-state index is 12.9. The van der Waals surface area contributed by atoms with Crippen molar-refractivity contribution in [2.45, 2.75) is 39.2 Å². The molecule has 5 heteroatoms. The minimum Gasteiger partial charge on any atom is -0.492 e. The first-order valence-electron chi connectivity index (χ1n) is 10.7. The van der Waals surface area contributed by atoms with E-state index in [9.17, 15) is 4.79 Å². The second kappa shape index (κ2) is 11.4. The van der Waals surface area contributed by atoms with E-state index >= 15 is 0 Å². The van der Waals surface area contributed by atoms with E-state index in [-0.39, 0.29) is 5.91 Å². The van der Waals surface area contributed by atoms with Crippen LogP contribution in [0, 0.1) is 0 Å². The van der Waals surface area contributed by atoms with Gasteiger partial charge in [-0.05, 0) is 46.1 Å². The van der Waals surface area contributed by atoms with Crippen molar-refractivity contribution < 1.29 is 9.53 Å². The van der Waals surface area contributed by atoms with Gasteiger partial charge in [-0.1, -0.05) is 56.5 Å². The molecule has 0 aliphatic carbocycles. The molecule has 4 nitrogen and oxygen atoms in total. The summed E-state index contributed by atoms with van der Waals surface area (Å²) in [6.45, 7) is 7.20.